The Balaban J connectivity index is 2.14. The van der Waals surface area contributed by atoms with Gasteiger partial charge in [-0.15, -0.1) is 5.10 Å². The van der Waals surface area contributed by atoms with Gasteiger partial charge < -0.3 is 5.11 Å². The van der Waals surface area contributed by atoms with Crippen LogP contribution in [-0.2, 0) is 17.8 Å². The van der Waals surface area contributed by atoms with E-state index in [4.69, 9.17) is 0 Å². The zero-order valence-electron chi connectivity index (χ0n) is 11.7. The van der Waals surface area contributed by atoms with E-state index >= 15 is 0 Å². The SMILES string of the molecule is CCC(C)Cc1nnnn1CC1(C(=O)O)CCCC1. The molecule has 1 heterocycles. The highest BCUT2D eigenvalue weighted by Gasteiger charge is 2.42. The third kappa shape index (κ3) is 2.93. The Hall–Kier alpha value is -1.46. The van der Waals surface area contributed by atoms with Crippen LogP contribution in [0.1, 0.15) is 51.8 Å². The van der Waals surface area contributed by atoms with Gasteiger partial charge in [0.25, 0.3) is 0 Å². The summed E-state index contributed by atoms with van der Waals surface area (Å²) in [5.41, 5.74) is -0.667. The van der Waals surface area contributed by atoms with Crippen LogP contribution in [0, 0.1) is 11.3 Å². The van der Waals surface area contributed by atoms with Gasteiger partial charge in [-0.25, -0.2) is 4.68 Å². The van der Waals surface area contributed by atoms with Gasteiger partial charge in [0, 0.05) is 6.42 Å². The van der Waals surface area contributed by atoms with E-state index in [-0.39, 0.29) is 0 Å². The standard InChI is InChI=1S/C13H22N4O2/c1-3-10(2)8-11-14-15-16-17(11)9-13(12(18)19)6-4-5-7-13/h10H,3-9H2,1-2H3,(H,18,19). The minimum atomic E-state index is -0.713. The molecule has 6 nitrogen and oxygen atoms in total. The second-order valence-electron chi connectivity index (χ2n) is 5.76. The van der Waals surface area contributed by atoms with Crippen molar-refractivity contribution >= 4 is 5.97 Å². The number of carboxylic acids is 1. The topological polar surface area (TPSA) is 80.9 Å². The van der Waals surface area contributed by atoms with E-state index in [2.05, 4.69) is 29.4 Å². The number of rotatable bonds is 6. The van der Waals surface area contributed by atoms with Crippen molar-refractivity contribution in [3.05, 3.63) is 5.82 Å². The largest absolute Gasteiger partial charge is 0.481 e. The minimum Gasteiger partial charge on any atom is -0.481 e. The average molecular weight is 266 g/mol. The van der Waals surface area contributed by atoms with Crippen LogP contribution in [0.2, 0.25) is 0 Å². The summed E-state index contributed by atoms with van der Waals surface area (Å²) >= 11 is 0. The molecule has 0 aliphatic heterocycles. The van der Waals surface area contributed by atoms with E-state index < -0.39 is 11.4 Å². The lowest BCUT2D eigenvalue weighted by atomic mass is 9.86. The molecular formula is C13H22N4O2. The second kappa shape index (κ2) is 5.67. The lowest BCUT2D eigenvalue weighted by Crippen LogP contribution is -2.34. The maximum atomic E-state index is 11.6. The van der Waals surface area contributed by atoms with E-state index in [9.17, 15) is 9.90 Å². The number of aliphatic carboxylic acids is 1. The molecule has 2 rings (SSSR count). The number of hydrogen-bond donors (Lipinski definition) is 1. The highest BCUT2D eigenvalue weighted by Crippen LogP contribution is 2.39. The van der Waals surface area contributed by atoms with Crippen LogP contribution >= 0.6 is 0 Å². The molecule has 19 heavy (non-hydrogen) atoms. The highest BCUT2D eigenvalue weighted by molar-refractivity contribution is 5.74. The van der Waals surface area contributed by atoms with Gasteiger partial charge in [-0.2, -0.15) is 0 Å². The fourth-order valence-corrected chi connectivity index (χ4v) is 2.73. The van der Waals surface area contributed by atoms with Gasteiger partial charge in [-0.3, -0.25) is 4.79 Å². The van der Waals surface area contributed by atoms with Crippen LogP contribution < -0.4 is 0 Å². The lowest BCUT2D eigenvalue weighted by molar-refractivity contribution is -0.149. The molecule has 6 heteroatoms. The van der Waals surface area contributed by atoms with Crippen LogP contribution in [0.3, 0.4) is 0 Å². The Morgan fingerprint density at radius 1 is 1.47 bits per heavy atom. The zero-order chi connectivity index (χ0) is 13.9. The molecular weight excluding hydrogens is 244 g/mol. The third-order valence-corrected chi connectivity index (χ3v) is 4.30. The van der Waals surface area contributed by atoms with E-state index in [1.165, 1.54) is 0 Å². The van der Waals surface area contributed by atoms with Crippen molar-refractivity contribution in [2.75, 3.05) is 0 Å². The molecule has 1 unspecified atom stereocenters. The molecule has 1 aliphatic rings. The van der Waals surface area contributed by atoms with Crippen molar-refractivity contribution in [3.8, 4) is 0 Å². The van der Waals surface area contributed by atoms with Gasteiger partial charge in [0.1, 0.15) is 0 Å². The number of hydrogen-bond acceptors (Lipinski definition) is 4. The Kier molecular flexibility index (Phi) is 4.17. The van der Waals surface area contributed by atoms with Gasteiger partial charge in [0.05, 0.1) is 12.0 Å². The summed E-state index contributed by atoms with van der Waals surface area (Å²) in [4.78, 5) is 11.6. The first-order valence-corrected chi connectivity index (χ1v) is 7.06. The Morgan fingerprint density at radius 3 is 2.74 bits per heavy atom. The first-order chi connectivity index (χ1) is 9.07. The number of nitrogens with zero attached hydrogens (tertiary/aromatic N) is 4. The first kappa shape index (κ1) is 14.0. The molecule has 1 saturated carbocycles. The Bertz CT molecular complexity index is 438. The van der Waals surface area contributed by atoms with Gasteiger partial charge in [0.15, 0.2) is 5.82 Å². The van der Waals surface area contributed by atoms with Crippen molar-refractivity contribution in [2.24, 2.45) is 11.3 Å². The van der Waals surface area contributed by atoms with Crippen molar-refractivity contribution in [2.45, 2.75) is 58.9 Å². The Labute approximate surface area is 113 Å². The normalized spacial score (nSPS) is 19.5. The predicted octanol–water partition coefficient (Wildman–Crippen LogP) is 1.91. The summed E-state index contributed by atoms with van der Waals surface area (Å²) in [6.07, 6.45) is 5.29. The van der Waals surface area contributed by atoms with E-state index in [1.54, 1.807) is 4.68 Å². The summed E-state index contributed by atoms with van der Waals surface area (Å²) in [6.45, 7) is 4.69. The number of tetrazole rings is 1. The predicted molar refractivity (Wildman–Crippen MR) is 69.5 cm³/mol. The lowest BCUT2D eigenvalue weighted by Gasteiger charge is -2.23. The Morgan fingerprint density at radius 2 is 2.16 bits per heavy atom. The second-order valence-corrected chi connectivity index (χ2v) is 5.76. The van der Waals surface area contributed by atoms with E-state index in [1.807, 2.05) is 0 Å². The number of carboxylic acid groups (broad SMARTS) is 1. The molecule has 106 valence electrons. The minimum absolute atomic E-state index is 0.404. The van der Waals surface area contributed by atoms with Crippen LogP contribution in [0.25, 0.3) is 0 Å². The summed E-state index contributed by atoms with van der Waals surface area (Å²) in [7, 11) is 0. The average Bonchev–Trinajstić information content (AvgIpc) is 3.01. The number of aromatic nitrogens is 4. The van der Waals surface area contributed by atoms with Crippen molar-refractivity contribution in [1.82, 2.24) is 20.2 Å². The first-order valence-electron chi connectivity index (χ1n) is 7.06. The molecule has 1 atom stereocenters. The molecule has 0 saturated heterocycles. The molecule has 1 aromatic rings. The smallest absolute Gasteiger partial charge is 0.311 e. The monoisotopic (exact) mass is 266 g/mol. The molecule has 0 radical (unpaired) electrons. The van der Waals surface area contributed by atoms with Gasteiger partial charge in [-0.05, 0) is 29.2 Å². The molecule has 1 fully saturated rings. The van der Waals surface area contributed by atoms with Crippen molar-refractivity contribution < 1.29 is 9.90 Å². The van der Waals surface area contributed by atoms with Crippen molar-refractivity contribution in [1.29, 1.82) is 0 Å². The summed E-state index contributed by atoms with van der Waals surface area (Å²) < 4.78 is 1.70. The molecule has 1 N–H and O–H groups in total. The van der Waals surface area contributed by atoms with Crippen LogP contribution in [0.15, 0.2) is 0 Å². The summed E-state index contributed by atoms with van der Waals surface area (Å²) in [5, 5.41) is 21.2. The maximum absolute atomic E-state index is 11.6. The fraction of sp³-hybridized carbons (Fsp3) is 0.846. The van der Waals surface area contributed by atoms with Gasteiger partial charge in [0.2, 0.25) is 0 Å². The highest BCUT2D eigenvalue weighted by atomic mass is 16.4. The van der Waals surface area contributed by atoms with Crippen LogP contribution in [-0.4, -0.2) is 31.3 Å². The molecule has 1 aromatic heterocycles. The van der Waals surface area contributed by atoms with E-state index in [0.29, 0.717) is 12.5 Å². The fourth-order valence-electron chi connectivity index (χ4n) is 2.73. The van der Waals surface area contributed by atoms with Gasteiger partial charge >= 0.3 is 5.97 Å². The van der Waals surface area contributed by atoms with Crippen LogP contribution in [0.5, 0.6) is 0 Å². The quantitative estimate of drug-likeness (QED) is 0.850. The summed E-state index contributed by atoms with van der Waals surface area (Å²) in [5.74, 6) is 0.603. The van der Waals surface area contributed by atoms with Crippen molar-refractivity contribution in [3.63, 3.8) is 0 Å². The molecule has 0 amide bonds. The van der Waals surface area contributed by atoms with Gasteiger partial charge in [-0.1, -0.05) is 33.1 Å². The summed E-state index contributed by atoms with van der Waals surface area (Å²) in [6, 6.07) is 0. The third-order valence-electron chi connectivity index (χ3n) is 4.30. The maximum Gasteiger partial charge on any atom is 0.311 e. The molecule has 0 bridgehead atoms. The number of carbonyl (C=O) groups is 1. The van der Waals surface area contributed by atoms with Crippen LogP contribution in [0.4, 0.5) is 0 Å². The molecule has 1 aliphatic carbocycles. The molecule has 0 aromatic carbocycles. The zero-order valence-corrected chi connectivity index (χ0v) is 11.7. The molecule has 0 spiro atoms. The van der Waals surface area contributed by atoms with E-state index in [0.717, 1.165) is 44.3 Å².